The number of benzene rings is 2. The van der Waals surface area contributed by atoms with Gasteiger partial charge in [-0.25, -0.2) is 13.1 Å². The summed E-state index contributed by atoms with van der Waals surface area (Å²) >= 11 is 0. The number of aromatic nitrogens is 2. The molecule has 2 atom stereocenters. The molecule has 1 aliphatic rings. The van der Waals surface area contributed by atoms with Crippen LogP contribution in [0.3, 0.4) is 0 Å². The van der Waals surface area contributed by atoms with E-state index in [0.717, 1.165) is 24.8 Å². The fourth-order valence-electron chi connectivity index (χ4n) is 4.00. The molecule has 2 aromatic carbocycles. The lowest BCUT2D eigenvalue weighted by molar-refractivity contribution is 0.467. The van der Waals surface area contributed by atoms with Crippen LogP contribution in [0.15, 0.2) is 65.8 Å². The average Bonchev–Trinajstić information content (AvgIpc) is 3.17. The summed E-state index contributed by atoms with van der Waals surface area (Å²) in [5, 5.41) is 4.01. The number of nitrogens with zero attached hydrogens (tertiary/aromatic N) is 2. The Labute approximate surface area is 171 Å². The third-order valence-corrected chi connectivity index (χ3v) is 6.90. The molecule has 0 radical (unpaired) electrons. The van der Waals surface area contributed by atoms with E-state index in [1.165, 1.54) is 27.4 Å². The maximum atomic E-state index is 12.5. The third-order valence-electron chi connectivity index (χ3n) is 5.60. The molecule has 1 aromatic heterocycles. The molecule has 1 heterocycles. The second-order valence-electron chi connectivity index (χ2n) is 7.68. The number of hydrogen-bond donors (Lipinski definition) is 2. The zero-order chi connectivity index (χ0) is 20.4. The van der Waals surface area contributed by atoms with Gasteiger partial charge in [-0.1, -0.05) is 48.5 Å². The van der Waals surface area contributed by atoms with Crippen LogP contribution in [0.5, 0.6) is 0 Å². The Bertz CT molecular complexity index is 1090. The van der Waals surface area contributed by atoms with Gasteiger partial charge in [-0.3, -0.25) is 4.68 Å². The quantitative estimate of drug-likeness (QED) is 0.653. The molecule has 2 unspecified atom stereocenters. The van der Waals surface area contributed by atoms with Gasteiger partial charge in [0, 0.05) is 31.7 Å². The predicted molar refractivity (Wildman–Crippen MR) is 113 cm³/mol. The first-order valence-corrected chi connectivity index (χ1v) is 11.3. The second kappa shape index (κ2) is 8.10. The molecule has 0 bridgehead atoms. The number of aryl methyl sites for hydroxylation is 2. The van der Waals surface area contributed by atoms with Crippen molar-refractivity contribution in [2.75, 3.05) is 0 Å². The SMILES string of the molecule is Cn1ccc(S(=O)(=O)NCc2ccc3c(c2)C(Cc2ccccc2)C(N)CC3)n1. The molecule has 6 nitrogen and oxygen atoms in total. The van der Waals surface area contributed by atoms with Crippen molar-refractivity contribution < 1.29 is 8.42 Å². The standard InChI is InChI=1S/C22H26N4O2S/c1-26-12-11-22(25-26)29(27,28)24-15-17-7-8-18-9-10-21(23)20(19(18)14-17)13-16-5-3-2-4-6-16/h2-8,11-12,14,20-21,24H,9-10,13,15,23H2,1H3. The van der Waals surface area contributed by atoms with Crippen molar-refractivity contribution in [3.8, 4) is 0 Å². The van der Waals surface area contributed by atoms with Crippen LogP contribution < -0.4 is 10.5 Å². The van der Waals surface area contributed by atoms with E-state index in [4.69, 9.17) is 5.73 Å². The van der Waals surface area contributed by atoms with Gasteiger partial charge in [-0.15, -0.1) is 0 Å². The molecule has 3 aromatic rings. The van der Waals surface area contributed by atoms with Crippen molar-refractivity contribution in [3.63, 3.8) is 0 Å². The van der Waals surface area contributed by atoms with E-state index >= 15 is 0 Å². The second-order valence-corrected chi connectivity index (χ2v) is 9.40. The molecular formula is C22H26N4O2S. The van der Waals surface area contributed by atoms with Gasteiger partial charge in [0.2, 0.25) is 0 Å². The molecule has 0 fully saturated rings. The highest BCUT2D eigenvalue weighted by molar-refractivity contribution is 7.89. The van der Waals surface area contributed by atoms with Gasteiger partial charge in [0.25, 0.3) is 10.0 Å². The average molecular weight is 411 g/mol. The number of nitrogens with one attached hydrogen (secondary N) is 1. The van der Waals surface area contributed by atoms with Crippen molar-refractivity contribution in [2.45, 2.75) is 42.8 Å². The van der Waals surface area contributed by atoms with Gasteiger partial charge in [-0.05, 0) is 47.6 Å². The van der Waals surface area contributed by atoms with E-state index in [0.29, 0.717) is 0 Å². The highest BCUT2D eigenvalue weighted by Crippen LogP contribution is 2.34. The van der Waals surface area contributed by atoms with E-state index in [1.54, 1.807) is 13.2 Å². The topological polar surface area (TPSA) is 90.0 Å². The molecule has 1 aliphatic carbocycles. The fraction of sp³-hybridized carbons (Fsp3) is 0.318. The van der Waals surface area contributed by atoms with Gasteiger partial charge < -0.3 is 5.73 Å². The molecule has 0 saturated carbocycles. The molecule has 3 N–H and O–H groups in total. The van der Waals surface area contributed by atoms with E-state index in [9.17, 15) is 8.42 Å². The van der Waals surface area contributed by atoms with Gasteiger partial charge in [0.15, 0.2) is 5.03 Å². The number of fused-ring (bicyclic) bond motifs is 1. The van der Waals surface area contributed by atoms with Gasteiger partial charge in [0.05, 0.1) is 0 Å². The van der Waals surface area contributed by atoms with Crippen LogP contribution in [-0.2, 0) is 36.5 Å². The van der Waals surface area contributed by atoms with E-state index in [2.05, 4.69) is 34.1 Å². The smallest absolute Gasteiger partial charge is 0.260 e. The van der Waals surface area contributed by atoms with Gasteiger partial charge >= 0.3 is 0 Å². The molecule has 0 aliphatic heterocycles. The van der Waals surface area contributed by atoms with Crippen molar-refractivity contribution in [1.29, 1.82) is 0 Å². The minimum atomic E-state index is -3.64. The highest BCUT2D eigenvalue weighted by Gasteiger charge is 2.27. The van der Waals surface area contributed by atoms with E-state index in [-0.39, 0.29) is 23.5 Å². The Balaban J connectivity index is 1.55. The van der Waals surface area contributed by atoms with Crippen LogP contribution in [0.2, 0.25) is 0 Å². The van der Waals surface area contributed by atoms with Gasteiger partial charge in [-0.2, -0.15) is 5.10 Å². The largest absolute Gasteiger partial charge is 0.327 e. The molecule has 0 spiro atoms. The lowest BCUT2D eigenvalue weighted by Gasteiger charge is -2.32. The maximum absolute atomic E-state index is 12.5. The zero-order valence-electron chi connectivity index (χ0n) is 16.5. The lowest BCUT2D eigenvalue weighted by Crippen LogP contribution is -2.34. The Morgan fingerprint density at radius 1 is 1.14 bits per heavy atom. The monoisotopic (exact) mass is 410 g/mol. The van der Waals surface area contributed by atoms with Gasteiger partial charge in [0.1, 0.15) is 0 Å². The first-order chi connectivity index (χ1) is 13.9. The van der Waals surface area contributed by atoms with Crippen LogP contribution in [0.4, 0.5) is 0 Å². The third kappa shape index (κ3) is 4.42. The molecule has 29 heavy (non-hydrogen) atoms. The molecule has 0 amide bonds. The van der Waals surface area contributed by atoms with E-state index in [1.807, 2.05) is 24.3 Å². The summed E-state index contributed by atoms with van der Waals surface area (Å²) in [6.45, 7) is 0.222. The summed E-state index contributed by atoms with van der Waals surface area (Å²) in [4.78, 5) is 0. The zero-order valence-corrected chi connectivity index (χ0v) is 17.3. The molecule has 7 heteroatoms. The summed E-state index contributed by atoms with van der Waals surface area (Å²) in [5.74, 6) is 0.230. The van der Waals surface area contributed by atoms with Crippen molar-refractivity contribution >= 4 is 10.0 Å². The Hall–Kier alpha value is -2.48. The summed E-state index contributed by atoms with van der Waals surface area (Å²) in [6, 6.07) is 18.2. The first-order valence-electron chi connectivity index (χ1n) is 9.83. The predicted octanol–water partition coefficient (Wildman–Crippen LogP) is 2.50. The van der Waals surface area contributed by atoms with Crippen LogP contribution >= 0.6 is 0 Å². The Morgan fingerprint density at radius 3 is 2.66 bits per heavy atom. The Kier molecular flexibility index (Phi) is 5.54. The minimum Gasteiger partial charge on any atom is -0.327 e. The van der Waals surface area contributed by atoms with Crippen molar-refractivity contribution in [3.05, 3.63) is 83.0 Å². The number of rotatable bonds is 6. The highest BCUT2D eigenvalue weighted by atomic mass is 32.2. The number of hydrogen-bond acceptors (Lipinski definition) is 4. The molecule has 152 valence electrons. The summed E-state index contributed by atoms with van der Waals surface area (Å²) in [7, 11) is -1.95. The minimum absolute atomic E-state index is 0.0296. The normalized spacial score (nSPS) is 19.1. The fourth-order valence-corrected chi connectivity index (χ4v) is 4.98. The number of sulfonamides is 1. The van der Waals surface area contributed by atoms with Crippen LogP contribution in [0.25, 0.3) is 0 Å². The van der Waals surface area contributed by atoms with Crippen LogP contribution in [-0.4, -0.2) is 24.2 Å². The van der Waals surface area contributed by atoms with Crippen molar-refractivity contribution in [2.24, 2.45) is 12.8 Å². The van der Waals surface area contributed by atoms with Crippen molar-refractivity contribution in [1.82, 2.24) is 14.5 Å². The Morgan fingerprint density at radius 2 is 1.93 bits per heavy atom. The van der Waals surface area contributed by atoms with E-state index < -0.39 is 10.0 Å². The molecule has 0 saturated heterocycles. The molecular weight excluding hydrogens is 384 g/mol. The van der Waals surface area contributed by atoms with Crippen LogP contribution in [0, 0.1) is 0 Å². The summed E-state index contributed by atoms with van der Waals surface area (Å²) < 4.78 is 29.0. The summed E-state index contributed by atoms with van der Waals surface area (Å²) in [5.41, 5.74) is 11.2. The number of nitrogens with two attached hydrogens (primary N) is 1. The van der Waals surface area contributed by atoms with Crippen LogP contribution in [0.1, 0.15) is 34.6 Å². The first kappa shape index (κ1) is 19.8. The lowest BCUT2D eigenvalue weighted by atomic mass is 9.76. The molecule has 4 rings (SSSR count). The maximum Gasteiger partial charge on any atom is 0.260 e. The summed E-state index contributed by atoms with van der Waals surface area (Å²) in [6.07, 6.45) is 4.43.